The summed E-state index contributed by atoms with van der Waals surface area (Å²) in [6, 6.07) is 3.17. The monoisotopic (exact) mass is 287 g/mol. The number of piperazine rings is 1. The molecule has 1 aliphatic heterocycles. The van der Waals surface area contributed by atoms with Gasteiger partial charge in [0.15, 0.2) is 0 Å². The molecule has 1 saturated carbocycles. The Hall–Kier alpha value is -1.91. The Labute approximate surface area is 124 Å². The molecule has 0 spiro atoms. The average Bonchev–Trinajstić information content (AvgIpc) is 3.31. The number of pyridine rings is 1. The minimum atomic E-state index is -0.750. The molecule has 112 valence electrons. The zero-order valence-electron chi connectivity index (χ0n) is 12.7. The predicted octanol–water partition coefficient (Wildman–Crippen LogP) is 1.66. The molecule has 21 heavy (non-hydrogen) atoms. The Kier molecular flexibility index (Phi) is 3.23. The van der Waals surface area contributed by atoms with Gasteiger partial charge in [-0.2, -0.15) is 0 Å². The first-order chi connectivity index (χ1) is 9.95. The standard InChI is InChI=1S/C16H21N3O2/c1-10(12-5-4-8-17-9-12)19-11(2)14(20)18-16(3,15(19)21)13-6-7-13/h4-5,8-11,13H,6-7H2,1-3H3,(H,18,20). The number of nitrogens with zero attached hydrogens (tertiary/aromatic N) is 2. The van der Waals surface area contributed by atoms with E-state index in [9.17, 15) is 9.59 Å². The van der Waals surface area contributed by atoms with E-state index in [0.29, 0.717) is 0 Å². The number of carbonyl (C=O) groups is 2. The van der Waals surface area contributed by atoms with E-state index in [1.807, 2.05) is 26.0 Å². The number of hydrogen-bond donors (Lipinski definition) is 1. The average molecular weight is 287 g/mol. The number of aromatic nitrogens is 1. The van der Waals surface area contributed by atoms with Crippen molar-refractivity contribution in [2.45, 2.75) is 51.2 Å². The summed E-state index contributed by atoms with van der Waals surface area (Å²) in [7, 11) is 0. The fourth-order valence-corrected chi connectivity index (χ4v) is 3.22. The molecule has 2 heterocycles. The van der Waals surface area contributed by atoms with Gasteiger partial charge in [-0.05, 0) is 51.2 Å². The molecule has 2 aliphatic rings. The van der Waals surface area contributed by atoms with Crippen molar-refractivity contribution in [3.63, 3.8) is 0 Å². The summed E-state index contributed by atoms with van der Waals surface area (Å²) in [4.78, 5) is 31.1. The van der Waals surface area contributed by atoms with Gasteiger partial charge in [0.25, 0.3) is 0 Å². The van der Waals surface area contributed by atoms with E-state index in [1.54, 1.807) is 24.2 Å². The van der Waals surface area contributed by atoms with Gasteiger partial charge < -0.3 is 10.2 Å². The van der Waals surface area contributed by atoms with E-state index < -0.39 is 11.6 Å². The fraction of sp³-hybridized carbons (Fsp3) is 0.562. The molecule has 3 unspecified atom stereocenters. The normalized spacial score (nSPS) is 31.0. The summed E-state index contributed by atoms with van der Waals surface area (Å²) >= 11 is 0. The molecule has 1 aromatic heterocycles. The maximum atomic E-state index is 13.0. The van der Waals surface area contributed by atoms with E-state index in [-0.39, 0.29) is 23.8 Å². The molecule has 5 nitrogen and oxygen atoms in total. The van der Waals surface area contributed by atoms with E-state index >= 15 is 0 Å². The van der Waals surface area contributed by atoms with Crippen molar-refractivity contribution in [3.05, 3.63) is 30.1 Å². The molecule has 5 heteroatoms. The highest BCUT2D eigenvalue weighted by Crippen LogP contribution is 2.43. The van der Waals surface area contributed by atoms with Crippen LogP contribution in [0.15, 0.2) is 24.5 Å². The van der Waals surface area contributed by atoms with Gasteiger partial charge in [0.05, 0.1) is 6.04 Å². The maximum absolute atomic E-state index is 13.0. The lowest BCUT2D eigenvalue weighted by molar-refractivity contribution is -0.157. The van der Waals surface area contributed by atoms with Crippen molar-refractivity contribution in [2.75, 3.05) is 0 Å². The van der Waals surface area contributed by atoms with E-state index in [1.165, 1.54) is 0 Å². The van der Waals surface area contributed by atoms with Gasteiger partial charge in [0.1, 0.15) is 11.6 Å². The Morgan fingerprint density at radius 3 is 2.71 bits per heavy atom. The second kappa shape index (κ2) is 4.83. The molecule has 1 saturated heterocycles. The summed E-state index contributed by atoms with van der Waals surface area (Å²) in [5.74, 6) is 0.221. The topological polar surface area (TPSA) is 62.3 Å². The van der Waals surface area contributed by atoms with Crippen molar-refractivity contribution in [1.29, 1.82) is 0 Å². The molecule has 3 atom stereocenters. The van der Waals surface area contributed by atoms with Crippen LogP contribution in [0.2, 0.25) is 0 Å². The van der Waals surface area contributed by atoms with E-state index in [4.69, 9.17) is 0 Å². The fourth-order valence-electron chi connectivity index (χ4n) is 3.22. The third-order valence-corrected chi connectivity index (χ3v) is 4.84. The Bertz CT molecular complexity index is 570. The first-order valence-electron chi connectivity index (χ1n) is 7.50. The van der Waals surface area contributed by atoms with Crippen LogP contribution in [-0.4, -0.2) is 33.3 Å². The third kappa shape index (κ3) is 2.20. The first kappa shape index (κ1) is 14.0. The Balaban J connectivity index is 1.94. The molecule has 1 aromatic rings. The van der Waals surface area contributed by atoms with Crippen molar-refractivity contribution in [2.24, 2.45) is 5.92 Å². The SMILES string of the molecule is CC1C(=O)NC(C)(C2CC2)C(=O)N1C(C)c1cccnc1. The molecular weight excluding hydrogens is 266 g/mol. The van der Waals surface area contributed by atoms with E-state index in [0.717, 1.165) is 18.4 Å². The highest BCUT2D eigenvalue weighted by molar-refractivity contribution is 6.00. The van der Waals surface area contributed by atoms with Gasteiger partial charge in [0, 0.05) is 12.4 Å². The van der Waals surface area contributed by atoms with Crippen LogP contribution >= 0.6 is 0 Å². The molecule has 0 aromatic carbocycles. The van der Waals surface area contributed by atoms with Crippen molar-refractivity contribution >= 4 is 11.8 Å². The van der Waals surface area contributed by atoms with Crippen LogP contribution in [0, 0.1) is 5.92 Å². The van der Waals surface area contributed by atoms with Crippen LogP contribution in [-0.2, 0) is 9.59 Å². The van der Waals surface area contributed by atoms with Gasteiger partial charge in [-0.25, -0.2) is 0 Å². The molecule has 2 amide bonds. The summed E-state index contributed by atoms with van der Waals surface area (Å²) in [6.07, 6.45) is 5.47. The summed E-state index contributed by atoms with van der Waals surface area (Å²) < 4.78 is 0. The Morgan fingerprint density at radius 2 is 2.14 bits per heavy atom. The summed E-state index contributed by atoms with van der Waals surface area (Å²) in [5, 5.41) is 2.94. The van der Waals surface area contributed by atoms with Gasteiger partial charge in [-0.15, -0.1) is 0 Å². The Morgan fingerprint density at radius 1 is 1.43 bits per heavy atom. The molecule has 1 aliphatic carbocycles. The number of rotatable bonds is 3. The minimum Gasteiger partial charge on any atom is -0.340 e. The number of nitrogens with one attached hydrogen (secondary N) is 1. The lowest BCUT2D eigenvalue weighted by atomic mass is 9.88. The molecule has 0 radical (unpaired) electrons. The number of amides is 2. The first-order valence-corrected chi connectivity index (χ1v) is 7.50. The highest BCUT2D eigenvalue weighted by Gasteiger charge is 2.55. The van der Waals surface area contributed by atoms with Gasteiger partial charge in [-0.1, -0.05) is 6.07 Å². The minimum absolute atomic E-state index is 0.0217. The summed E-state index contributed by atoms with van der Waals surface area (Å²) in [5.41, 5.74) is 0.200. The van der Waals surface area contributed by atoms with Crippen molar-refractivity contribution in [3.8, 4) is 0 Å². The largest absolute Gasteiger partial charge is 0.340 e. The van der Waals surface area contributed by atoms with Gasteiger partial charge in [-0.3, -0.25) is 14.6 Å². The number of carbonyl (C=O) groups excluding carboxylic acids is 2. The second-order valence-electron chi connectivity index (χ2n) is 6.32. The molecule has 0 bridgehead atoms. The third-order valence-electron chi connectivity index (χ3n) is 4.84. The van der Waals surface area contributed by atoms with Crippen LogP contribution < -0.4 is 5.32 Å². The van der Waals surface area contributed by atoms with Crippen LogP contribution in [0.1, 0.15) is 45.2 Å². The molecular formula is C16H21N3O2. The lowest BCUT2D eigenvalue weighted by Gasteiger charge is -2.46. The van der Waals surface area contributed by atoms with Crippen LogP contribution in [0.4, 0.5) is 0 Å². The van der Waals surface area contributed by atoms with Crippen molar-refractivity contribution < 1.29 is 9.59 Å². The summed E-state index contributed by atoms with van der Waals surface area (Å²) in [6.45, 7) is 5.60. The van der Waals surface area contributed by atoms with Crippen molar-refractivity contribution in [1.82, 2.24) is 15.2 Å². The second-order valence-corrected chi connectivity index (χ2v) is 6.32. The van der Waals surface area contributed by atoms with Crippen LogP contribution in [0.3, 0.4) is 0 Å². The zero-order chi connectivity index (χ0) is 15.2. The van der Waals surface area contributed by atoms with Gasteiger partial charge >= 0.3 is 0 Å². The van der Waals surface area contributed by atoms with Crippen LogP contribution in [0.5, 0.6) is 0 Å². The molecule has 2 fully saturated rings. The zero-order valence-corrected chi connectivity index (χ0v) is 12.7. The van der Waals surface area contributed by atoms with E-state index in [2.05, 4.69) is 10.3 Å². The highest BCUT2D eigenvalue weighted by atomic mass is 16.2. The quantitative estimate of drug-likeness (QED) is 0.919. The maximum Gasteiger partial charge on any atom is 0.249 e. The predicted molar refractivity (Wildman–Crippen MR) is 78.2 cm³/mol. The lowest BCUT2D eigenvalue weighted by Crippen LogP contribution is -2.69. The van der Waals surface area contributed by atoms with Gasteiger partial charge in [0.2, 0.25) is 11.8 Å². The smallest absolute Gasteiger partial charge is 0.249 e. The van der Waals surface area contributed by atoms with Crippen LogP contribution in [0.25, 0.3) is 0 Å². The molecule has 3 rings (SSSR count). The molecule has 1 N–H and O–H groups in total. The number of hydrogen-bond acceptors (Lipinski definition) is 3.